The lowest BCUT2D eigenvalue weighted by Gasteiger charge is -2.45. The number of rotatable bonds is 6. The van der Waals surface area contributed by atoms with Crippen molar-refractivity contribution in [2.75, 3.05) is 6.61 Å². The minimum atomic E-state index is -1.10. The monoisotopic (exact) mass is 521 g/mol. The number of imide groups is 1. The number of ether oxygens (including phenoxy) is 1. The third-order valence-corrected chi connectivity index (χ3v) is 8.67. The van der Waals surface area contributed by atoms with Crippen LogP contribution >= 0.6 is 0 Å². The van der Waals surface area contributed by atoms with Crippen molar-refractivity contribution in [3.05, 3.63) is 106 Å². The molecule has 0 radical (unpaired) electrons. The third-order valence-electron chi connectivity index (χ3n) is 8.67. The van der Waals surface area contributed by atoms with E-state index < -0.39 is 30.5 Å². The molecule has 1 fully saturated rings. The van der Waals surface area contributed by atoms with E-state index in [9.17, 15) is 19.2 Å². The topological polar surface area (TPSA) is 80.8 Å². The Morgan fingerprint density at radius 1 is 0.795 bits per heavy atom. The normalized spacial score (nSPS) is 23.4. The maximum absolute atomic E-state index is 14.1. The minimum Gasteiger partial charge on any atom is -0.456 e. The summed E-state index contributed by atoms with van der Waals surface area (Å²) in [5.74, 6) is -3.73. The summed E-state index contributed by atoms with van der Waals surface area (Å²) in [7, 11) is 0. The smallest absolute Gasteiger partial charge is 0.330 e. The molecule has 0 aromatic heterocycles. The van der Waals surface area contributed by atoms with Crippen molar-refractivity contribution in [3.8, 4) is 0 Å². The van der Waals surface area contributed by atoms with Crippen LogP contribution in [0.25, 0.3) is 0 Å². The number of hydrogen-bond acceptors (Lipinski definition) is 5. The second-order valence-corrected chi connectivity index (χ2v) is 11.3. The maximum Gasteiger partial charge on any atom is 0.330 e. The fourth-order valence-electron chi connectivity index (χ4n) is 6.99. The molecule has 2 bridgehead atoms. The molecule has 3 unspecified atom stereocenters. The van der Waals surface area contributed by atoms with Gasteiger partial charge in [-0.05, 0) is 53.6 Å². The number of carbonyl (C=O) groups excluding carboxylic acids is 4. The van der Waals surface area contributed by atoms with E-state index in [1.165, 1.54) is 0 Å². The predicted octanol–water partition coefficient (Wildman–Crippen LogP) is 4.95. The summed E-state index contributed by atoms with van der Waals surface area (Å²) in [5, 5.41) is 0. The first kappa shape index (κ1) is 25.2. The number of amides is 2. The van der Waals surface area contributed by atoms with E-state index in [1.54, 1.807) is 19.9 Å². The maximum atomic E-state index is 14.1. The zero-order valence-electron chi connectivity index (χ0n) is 22.5. The van der Waals surface area contributed by atoms with Crippen LogP contribution in [0.4, 0.5) is 0 Å². The highest BCUT2D eigenvalue weighted by molar-refractivity contribution is 6.10. The molecule has 3 aromatic rings. The Kier molecular flexibility index (Phi) is 6.01. The van der Waals surface area contributed by atoms with Gasteiger partial charge in [0.15, 0.2) is 6.61 Å². The number of carbonyl (C=O) groups is 4. The van der Waals surface area contributed by atoms with Crippen LogP contribution in [0.1, 0.15) is 69.4 Å². The highest BCUT2D eigenvalue weighted by Crippen LogP contribution is 2.61. The first-order valence-corrected chi connectivity index (χ1v) is 13.5. The van der Waals surface area contributed by atoms with Gasteiger partial charge in [0, 0.05) is 17.4 Å². The number of Topliss-reactive ketones (excluding diaryl/α,β-unsaturated/α-hetero) is 1. The predicted molar refractivity (Wildman–Crippen MR) is 145 cm³/mol. The molecule has 1 saturated heterocycles. The molecular weight excluding hydrogens is 490 g/mol. The summed E-state index contributed by atoms with van der Waals surface area (Å²) in [6, 6.07) is 20.5. The van der Waals surface area contributed by atoms with E-state index in [0.29, 0.717) is 5.56 Å². The number of hydrogen-bond donors (Lipinski definition) is 0. The van der Waals surface area contributed by atoms with Gasteiger partial charge in [-0.1, -0.05) is 80.1 Å². The van der Waals surface area contributed by atoms with Crippen molar-refractivity contribution in [1.29, 1.82) is 0 Å². The van der Waals surface area contributed by atoms with Gasteiger partial charge in [-0.15, -0.1) is 0 Å². The number of likely N-dealkylation sites (tertiary alicyclic amines) is 1. The molecule has 39 heavy (non-hydrogen) atoms. The Morgan fingerprint density at radius 3 is 1.74 bits per heavy atom. The van der Waals surface area contributed by atoms with Gasteiger partial charge in [0.05, 0.1) is 11.8 Å². The highest BCUT2D eigenvalue weighted by atomic mass is 16.5. The Bertz CT molecular complexity index is 1420. The second-order valence-electron chi connectivity index (χ2n) is 11.3. The Hall–Kier alpha value is -4.06. The third kappa shape index (κ3) is 3.76. The van der Waals surface area contributed by atoms with E-state index in [-0.39, 0.29) is 35.4 Å². The summed E-state index contributed by atoms with van der Waals surface area (Å²) < 4.78 is 5.50. The molecule has 1 aliphatic heterocycles. The lowest BCUT2D eigenvalue weighted by Crippen LogP contribution is -2.49. The number of esters is 1. The van der Waals surface area contributed by atoms with Gasteiger partial charge in [0.25, 0.3) is 0 Å². The fourth-order valence-corrected chi connectivity index (χ4v) is 6.99. The molecule has 0 spiro atoms. The van der Waals surface area contributed by atoms with Crippen molar-refractivity contribution in [1.82, 2.24) is 4.90 Å². The Morgan fingerprint density at radius 2 is 1.28 bits per heavy atom. The first-order valence-electron chi connectivity index (χ1n) is 13.5. The zero-order chi connectivity index (χ0) is 27.6. The molecule has 198 valence electrons. The van der Waals surface area contributed by atoms with E-state index in [4.69, 9.17) is 4.74 Å². The lowest BCUT2D eigenvalue weighted by molar-refractivity contribution is -0.160. The van der Waals surface area contributed by atoms with Gasteiger partial charge in [-0.3, -0.25) is 19.3 Å². The fraction of sp³-hybridized carbons (Fsp3) is 0.333. The quantitative estimate of drug-likeness (QED) is 0.261. The minimum absolute atomic E-state index is 0.247. The van der Waals surface area contributed by atoms with Crippen molar-refractivity contribution in [3.63, 3.8) is 0 Å². The molecule has 3 atom stereocenters. The summed E-state index contributed by atoms with van der Waals surface area (Å²) >= 11 is 0. The van der Waals surface area contributed by atoms with Crippen LogP contribution in [-0.2, 0) is 19.1 Å². The zero-order valence-corrected chi connectivity index (χ0v) is 22.5. The molecule has 3 aromatic carbocycles. The van der Waals surface area contributed by atoms with Crippen molar-refractivity contribution in [2.24, 2.45) is 17.8 Å². The standard InChI is InChI=1S/C33H31NO5/c1-17(2)30(33(38)39-16-25(35)24-15-18(3)13-14-19(24)4)34-31(36)28-26-20-9-5-6-10-21(20)27(29(28)32(34)37)23-12-8-7-11-22(23)26/h5-15,17,26-30H,16H2,1-4H3. The molecule has 2 amide bonds. The SMILES string of the molecule is Cc1ccc(C)c(C(=O)COC(=O)C(C(C)C)N2C(=O)C3C4c5ccccc5C(c5ccccc54)C3C2=O)c1. The molecule has 4 aliphatic rings. The van der Waals surface area contributed by atoms with Crippen LogP contribution < -0.4 is 0 Å². The molecule has 7 rings (SSSR count). The molecule has 1 heterocycles. The molecule has 0 saturated carbocycles. The van der Waals surface area contributed by atoms with Gasteiger partial charge in [-0.25, -0.2) is 4.79 Å². The molecule has 6 nitrogen and oxygen atoms in total. The van der Waals surface area contributed by atoms with E-state index in [1.807, 2.05) is 74.5 Å². The van der Waals surface area contributed by atoms with Crippen LogP contribution in [0.15, 0.2) is 66.7 Å². The second kappa shape index (κ2) is 9.30. The molecule has 0 N–H and O–H groups in total. The lowest BCUT2D eigenvalue weighted by atomic mass is 9.55. The number of ketones is 1. The van der Waals surface area contributed by atoms with Crippen LogP contribution in [0.2, 0.25) is 0 Å². The van der Waals surface area contributed by atoms with E-state index >= 15 is 0 Å². The van der Waals surface area contributed by atoms with Crippen molar-refractivity contribution >= 4 is 23.6 Å². The van der Waals surface area contributed by atoms with Gasteiger partial charge >= 0.3 is 5.97 Å². The van der Waals surface area contributed by atoms with Gasteiger partial charge in [-0.2, -0.15) is 0 Å². The average Bonchev–Trinajstić information content (AvgIpc) is 3.19. The number of aryl methyl sites for hydroxylation is 2. The highest BCUT2D eigenvalue weighted by Gasteiger charge is 2.63. The van der Waals surface area contributed by atoms with Gasteiger partial charge in [0.2, 0.25) is 17.6 Å². The largest absolute Gasteiger partial charge is 0.456 e. The van der Waals surface area contributed by atoms with Crippen LogP contribution in [-0.4, -0.2) is 41.1 Å². The number of benzene rings is 3. The van der Waals surface area contributed by atoms with Gasteiger partial charge in [0.1, 0.15) is 6.04 Å². The molecular formula is C33H31NO5. The van der Waals surface area contributed by atoms with E-state index in [0.717, 1.165) is 38.3 Å². The van der Waals surface area contributed by atoms with Crippen LogP contribution in [0, 0.1) is 31.6 Å². The van der Waals surface area contributed by atoms with Crippen LogP contribution in [0.5, 0.6) is 0 Å². The summed E-state index contributed by atoms with van der Waals surface area (Å²) in [5.41, 5.74) is 6.53. The summed E-state index contributed by atoms with van der Waals surface area (Å²) in [6.07, 6.45) is 0. The van der Waals surface area contributed by atoms with Crippen molar-refractivity contribution in [2.45, 2.75) is 45.6 Å². The average molecular weight is 522 g/mol. The Labute approximate surface area is 228 Å². The summed E-state index contributed by atoms with van der Waals surface area (Å²) in [6.45, 7) is 6.86. The van der Waals surface area contributed by atoms with Gasteiger partial charge < -0.3 is 4.74 Å². The van der Waals surface area contributed by atoms with Crippen molar-refractivity contribution < 1.29 is 23.9 Å². The molecule has 3 aliphatic carbocycles. The summed E-state index contributed by atoms with van der Waals surface area (Å²) in [4.78, 5) is 55.7. The van der Waals surface area contributed by atoms with Crippen LogP contribution in [0.3, 0.4) is 0 Å². The van der Waals surface area contributed by atoms with E-state index in [2.05, 4.69) is 0 Å². The molecule has 6 heteroatoms. The Balaban J connectivity index is 1.31. The first-order chi connectivity index (χ1) is 18.7. The number of nitrogens with zero attached hydrogens (tertiary/aromatic N) is 1.